The lowest BCUT2D eigenvalue weighted by Crippen LogP contribution is -2.35. The first-order chi connectivity index (χ1) is 15.7. The number of piperidine rings is 1. The Morgan fingerprint density at radius 2 is 1.62 bits per heavy atom. The fraction of sp³-hybridized carbons (Fsp3) is 0.192. The van der Waals surface area contributed by atoms with Gasteiger partial charge in [0.2, 0.25) is 5.95 Å². The van der Waals surface area contributed by atoms with Crippen LogP contribution in [0.3, 0.4) is 0 Å². The van der Waals surface area contributed by atoms with E-state index < -0.39 is 0 Å². The van der Waals surface area contributed by atoms with Gasteiger partial charge in [-0.1, -0.05) is 41.9 Å². The number of rotatable bonds is 4. The molecule has 4 aromatic rings. The van der Waals surface area contributed by atoms with E-state index in [1.165, 1.54) is 6.42 Å². The molecular formula is C26H23ClN4O. The van der Waals surface area contributed by atoms with Crippen LogP contribution in [0.2, 0.25) is 5.02 Å². The summed E-state index contributed by atoms with van der Waals surface area (Å²) in [6.45, 7) is 1.69. The molecule has 0 bridgehead atoms. The third-order valence-electron chi connectivity index (χ3n) is 5.74. The van der Waals surface area contributed by atoms with Crippen LogP contribution in [0.1, 0.15) is 29.6 Å². The average Bonchev–Trinajstić information content (AvgIpc) is 2.85. The van der Waals surface area contributed by atoms with Crippen molar-refractivity contribution in [2.75, 3.05) is 18.4 Å². The summed E-state index contributed by atoms with van der Waals surface area (Å²) >= 11 is 6.24. The van der Waals surface area contributed by atoms with Crippen LogP contribution < -0.4 is 5.32 Å². The molecule has 1 amide bonds. The molecule has 2 heterocycles. The van der Waals surface area contributed by atoms with Crippen LogP contribution in [0.25, 0.3) is 22.2 Å². The SMILES string of the molecule is O=C(c1ccc(Nc2nc(-c3ccccc3)c3cc(Cl)ccc3n2)cc1)N1CCCCC1. The number of fused-ring (bicyclic) bond motifs is 1. The van der Waals surface area contributed by atoms with Gasteiger partial charge >= 0.3 is 0 Å². The van der Waals surface area contributed by atoms with Crippen molar-refractivity contribution in [2.24, 2.45) is 0 Å². The molecule has 0 radical (unpaired) electrons. The van der Waals surface area contributed by atoms with Crippen molar-refractivity contribution in [1.29, 1.82) is 0 Å². The number of amides is 1. The highest BCUT2D eigenvalue weighted by Gasteiger charge is 2.18. The van der Waals surface area contributed by atoms with Crippen LogP contribution >= 0.6 is 11.6 Å². The van der Waals surface area contributed by atoms with Gasteiger partial charge in [-0.15, -0.1) is 0 Å². The first-order valence-corrected chi connectivity index (χ1v) is 11.2. The molecule has 5 rings (SSSR count). The summed E-state index contributed by atoms with van der Waals surface area (Å²) in [7, 11) is 0. The number of benzene rings is 3. The molecule has 6 heteroatoms. The number of anilines is 2. The number of carbonyl (C=O) groups is 1. The molecule has 0 aliphatic carbocycles. The van der Waals surface area contributed by atoms with E-state index in [0.29, 0.717) is 16.5 Å². The number of nitrogens with zero attached hydrogens (tertiary/aromatic N) is 3. The molecule has 1 saturated heterocycles. The molecule has 32 heavy (non-hydrogen) atoms. The lowest BCUT2D eigenvalue weighted by molar-refractivity contribution is 0.0724. The summed E-state index contributed by atoms with van der Waals surface area (Å²) in [6.07, 6.45) is 3.37. The van der Waals surface area contributed by atoms with Crippen LogP contribution in [-0.4, -0.2) is 33.9 Å². The van der Waals surface area contributed by atoms with Crippen molar-refractivity contribution in [3.63, 3.8) is 0 Å². The highest BCUT2D eigenvalue weighted by Crippen LogP contribution is 2.30. The van der Waals surface area contributed by atoms with Crippen molar-refractivity contribution in [3.05, 3.63) is 83.4 Å². The lowest BCUT2D eigenvalue weighted by Gasteiger charge is -2.26. The van der Waals surface area contributed by atoms with E-state index in [1.54, 1.807) is 0 Å². The Morgan fingerprint density at radius 1 is 0.875 bits per heavy atom. The van der Waals surface area contributed by atoms with Crippen molar-refractivity contribution in [1.82, 2.24) is 14.9 Å². The second kappa shape index (κ2) is 8.97. The molecule has 1 aliphatic heterocycles. The molecule has 3 aromatic carbocycles. The van der Waals surface area contributed by atoms with Crippen molar-refractivity contribution in [2.45, 2.75) is 19.3 Å². The minimum absolute atomic E-state index is 0.0986. The van der Waals surface area contributed by atoms with Gasteiger partial charge in [0.25, 0.3) is 5.91 Å². The van der Waals surface area contributed by atoms with Crippen LogP contribution in [0, 0.1) is 0 Å². The smallest absolute Gasteiger partial charge is 0.253 e. The standard InChI is InChI=1S/C26H23ClN4O/c27-20-11-14-23-22(17-20)24(18-7-3-1-4-8-18)30-26(29-23)28-21-12-9-19(10-13-21)25(32)31-15-5-2-6-16-31/h1,3-4,7-14,17H,2,5-6,15-16H2,(H,28,29,30). The Bertz CT molecular complexity index is 1250. The lowest BCUT2D eigenvalue weighted by atomic mass is 10.1. The van der Waals surface area contributed by atoms with Gasteiger partial charge in [0, 0.05) is 40.3 Å². The number of halogens is 1. The molecule has 0 unspecified atom stereocenters. The number of likely N-dealkylation sites (tertiary alicyclic amines) is 1. The second-order valence-corrected chi connectivity index (χ2v) is 8.41. The van der Waals surface area contributed by atoms with Gasteiger partial charge in [-0.2, -0.15) is 0 Å². The van der Waals surface area contributed by atoms with Gasteiger partial charge in [0.15, 0.2) is 0 Å². The number of aromatic nitrogens is 2. The van der Waals surface area contributed by atoms with E-state index in [0.717, 1.165) is 53.8 Å². The Balaban J connectivity index is 1.44. The van der Waals surface area contributed by atoms with Gasteiger partial charge in [0.05, 0.1) is 11.2 Å². The van der Waals surface area contributed by atoms with E-state index >= 15 is 0 Å². The predicted octanol–water partition coefficient (Wildman–Crippen LogP) is 6.32. The minimum atomic E-state index is 0.0986. The molecule has 0 saturated carbocycles. The summed E-state index contributed by atoms with van der Waals surface area (Å²) in [4.78, 5) is 24.1. The summed E-state index contributed by atoms with van der Waals surface area (Å²) in [6, 6.07) is 23.1. The number of hydrogen-bond acceptors (Lipinski definition) is 4. The zero-order valence-electron chi connectivity index (χ0n) is 17.6. The van der Waals surface area contributed by atoms with Gasteiger partial charge in [-0.05, 0) is 61.7 Å². The molecule has 1 aromatic heterocycles. The molecule has 0 spiro atoms. The normalized spacial score (nSPS) is 13.8. The first-order valence-electron chi connectivity index (χ1n) is 10.9. The Kier molecular flexibility index (Phi) is 5.73. The quantitative estimate of drug-likeness (QED) is 0.401. The van der Waals surface area contributed by atoms with E-state index in [4.69, 9.17) is 16.6 Å². The summed E-state index contributed by atoms with van der Waals surface area (Å²) in [5, 5.41) is 4.83. The fourth-order valence-corrected chi connectivity index (χ4v) is 4.25. The van der Waals surface area contributed by atoms with Crippen LogP contribution in [0.15, 0.2) is 72.8 Å². The summed E-state index contributed by atoms with van der Waals surface area (Å²) in [5.74, 6) is 0.593. The Morgan fingerprint density at radius 3 is 2.38 bits per heavy atom. The van der Waals surface area contributed by atoms with Gasteiger partial charge in [0.1, 0.15) is 0 Å². The van der Waals surface area contributed by atoms with Crippen molar-refractivity contribution in [3.8, 4) is 11.3 Å². The molecule has 1 aliphatic rings. The highest BCUT2D eigenvalue weighted by molar-refractivity contribution is 6.31. The van der Waals surface area contributed by atoms with Crippen LogP contribution in [0.4, 0.5) is 11.6 Å². The molecule has 160 valence electrons. The average molecular weight is 443 g/mol. The third kappa shape index (κ3) is 4.30. The monoisotopic (exact) mass is 442 g/mol. The summed E-state index contributed by atoms with van der Waals surface area (Å²) in [5.41, 5.74) is 4.15. The van der Waals surface area contributed by atoms with Crippen molar-refractivity contribution < 1.29 is 4.79 Å². The van der Waals surface area contributed by atoms with Gasteiger partial charge in [-0.3, -0.25) is 4.79 Å². The van der Waals surface area contributed by atoms with E-state index in [2.05, 4.69) is 10.3 Å². The molecular weight excluding hydrogens is 420 g/mol. The number of nitrogens with one attached hydrogen (secondary N) is 1. The highest BCUT2D eigenvalue weighted by atomic mass is 35.5. The number of carbonyl (C=O) groups excluding carboxylic acids is 1. The maximum absolute atomic E-state index is 12.7. The second-order valence-electron chi connectivity index (χ2n) is 7.98. The van der Waals surface area contributed by atoms with Gasteiger partial charge in [-0.25, -0.2) is 9.97 Å². The third-order valence-corrected chi connectivity index (χ3v) is 5.97. The predicted molar refractivity (Wildman–Crippen MR) is 129 cm³/mol. The fourth-order valence-electron chi connectivity index (χ4n) is 4.08. The number of hydrogen-bond donors (Lipinski definition) is 1. The zero-order chi connectivity index (χ0) is 21.9. The van der Waals surface area contributed by atoms with E-state index in [9.17, 15) is 4.79 Å². The minimum Gasteiger partial charge on any atom is -0.339 e. The largest absolute Gasteiger partial charge is 0.339 e. The van der Waals surface area contributed by atoms with E-state index in [1.807, 2.05) is 77.7 Å². The molecule has 1 fully saturated rings. The topological polar surface area (TPSA) is 58.1 Å². The van der Waals surface area contributed by atoms with Crippen molar-refractivity contribution >= 4 is 40.0 Å². The van der Waals surface area contributed by atoms with Crippen LogP contribution in [-0.2, 0) is 0 Å². The Hall–Kier alpha value is -3.44. The Labute approximate surface area is 192 Å². The molecule has 0 atom stereocenters. The van der Waals surface area contributed by atoms with E-state index in [-0.39, 0.29) is 5.91 Å². The molecule has 5 nitrogen and oxygen atoms in total. The first kappa shape index (κ1) is 20.5. The van der Waals surface area contributed by atoms with Crippen LogP contribution in [0.5, 0.6) is 0 Å². The maximum atomic E-state index is 12.7. The maximum Gasteiger partial charge on any atom is 0.253 e. The van der Waals surface area contributed by atoms with Gasteiger partial charge < -0.3 is 10.2 Å². The molecule has 1 N–H and O–H groups in total. The zero-order valence-corrected chi connectivity index (χ0v) is 18.3. The summed E-state index contributed by atoms with van der Waals surface area (Å²) < 4.78 is 0.